The molecule has 0 unspecified atom stereocenters. The number of hydrogen-bond acceptors (Lipinski definition) is 7. The molecule has 0 fully saturated rings. The zero-order valence-corrected chi connectivity index (χ0v) is 16.1. The summed E-state index contributed by atoms with van der Waals surface area (Å²) >= 11 is 0. The molecule has 152 valence electrons. The summed E-state index contributed by atoms with van der Waals surface area (Å²) in [6.45, 7) is 0. The van der Waals surface area contributed by atoms with Gasteiger partial charge in [-0.2, -0.15) is 4.98 Å². The van der Waals surface area contributed by atoms with Gasteiger partial charge in [0.2, 0.25) is 5.95 Å². The number of ether oxygens (including phenoxy) is 2. The van der Waals surface area contributed by atoms with E-state index in [-0.39, 0.29) is 11.5 Å². The maximum absolute atomic E-state index is 12.5. The summed E-state index contributed by atoms with van der Waals surface area (Å²) < 4.78 is 15.8. The van der Waals surface area contributed by atoms with Gasteiger partial charge in [0.15, 0.2) is 5.82 Å². The van der Waals surface area contributed by atoms with Crippen molar-refractivity contribution in [2.24, 2.45) is 0 Å². The van der Waals surface area contributed by atoms with Crippen LogP contribution in [0.25, 0.3) is 22.8 Å². The van der Waals surface area contributed by atoms with Crippen molar-refractivity contribution in [1.29, 1.82) is 0 Å². The lowest BCUT2D eigenvalue weighted by Gasteiger charge is -2.07. The van der Waals surface area contributed by atoms with E-state index in [0.29, 0.717) is 34.3 Å². The summed E-state index contributed by atoms with van der Waals surface area (Å²) in [4.78, 5) is 31.7. The second-order valence-corrected chi connectivity index (χ2v) is 6.12. The van der Waals surface area contributed by atoms with Crippen molar-refractivity contribution in [1.82, 2.24) is 20.2 Å². The number of nitrogens with one attached hydrogen (secondary N) is 3. The van der Waals surface area contributed by atoms with Crippen molar-refractivity contribution in [3.63, 3.8) is 0 Å². The topological polar surface area (TPSA) is 135 Å². The summed E-state index contributed by atoms with van der Waals surface area (Å²) in [6, 6.07) is 11.6. The minimum atomic E-state index is -0.644. The first-order chi connectivity index (χ1) is 14.6. The van der Waals surface area contributed by atoms with Crippen molar-refractivity contribution in [2.75, 3.05) is 19.5 Å². The number of methoxy groups -OCH3 is 2. The van der Waals surface area contributed by atoms with Crippen LogP contribution in [0, 0.1) is 0 Å². The third-order valence-corrected chi connectivity index (χ3v) is 4.32. The number of aromatic nitrogens is 4. The number of furan rings is 1. The molecule has 3 aromatic heterocycles. The quantitative estimate of drug-likeness (QED) is 0.447. The van der Waals surface area contributed by atoms with Gasteiger partial charge in [-0.1, -0.05) is 0 Å². The Balaban J connectivity index is 1.54. The Bertz CT molecular complexity index is 1240. The van der Waals surface area contributed by atoms with Gasteiger partial charge < -0.3 is 18.9 Å². The third-order valence-electron chi connectivity index (χ3n) is 4.32. The highest BCUT2D eigenvalue weighted by molar-refractivity contribution is 6.03. The molecular formula is C20H17N5O5. The fraction of sp³-hybridized carbons (Fsp3) is 0.100. The van der Waals surface area contributed by atoms with Gasteiger partial charge in [-0.3, -0.25) is 20.0 Å². The highest BCUT2D eigenvalue weighted by atomic mass is 16.5. The summed E-state index contributed by atoms with van der Waals surface area (Å²) in [5.41, 5.74) is 0.452. The number of aromatic amines is 2. The zero-order valence-electron chi connectivity index (χ0n) is 16.1. The van der Waals surface area contributed by atoms with Crippen LogP contribution in [0.4, 0.5) is 5.95 Å². The van der Waals surface area contributed by atoms with E-state index in [2.05, 4.69) is 25.5 Å². The lowest BCUT2D eigenvalue weighted by molar-refractivity contribution is 0.102. The molecular weight excluding hydrogens is 390 g/mol. The minimum absolute atomic E-state index is 0.0161. The van der Waals surface area contributed by atoms with Gasteiger partial charge in [0.25, 0.3) is 11.5 Å². The Morgan fingerprint density at radius 3 is 2.70 bits per heavy atom. The Labute approximate surface area is 169 Å². The van der Waals surface area contributed by atoms with Crippen LogP contribution < -0.4 is 20.3 Å². The van der Waals surface area contributed by atoms with Crippen LogP contribution in [0.5, 0.6) is 11.5 Å². The molecule has 10 heteroatoms. The lowest BCUT2D eigenvalue weighted by atomic mass is 10.2. The van der Waals surface area contributed by atoms with Gasteiger partial charge in [-0.05, 0) is 36.4 Å². The van der Waals surface area contributed by atoms with E-state index in [1.54, 1.807) is 43.5 Å². The summed E-state index contributed by atoms with van der Waals surface area (Å²) in [5, 5.41) is 9.22. The number of carbonyl (C=O) groups is 1. The fourth-order valence-electron chi connectivity index (χ4n) is 2.83. The SMILES string of the molecule is COc1ccc(-c2nc(NC(=O)c3ccc(-c4ccco4)[nH]c3=O)n[nH]2)c(OC)c1. The number of pyridine rings is 1. The Kier molecular flexibility index (Phi) is 5.04. The van der Waals surface area contributed by atoms with Crippen LogP contribution in [0.2, 0.25) is 0 Å². The van der Waals surface area contributed by atoms with Gasteiger partial charge >= 0.3 is 0 Å². The number of nitrogens with zero attached hydrogens (tertiary/aromatic N) is 2. The van der Waals surface area contributed by atoms with Gasteiger partial charge in [0, 0.05) is 6.07 Å². The number of anilines is 1. The number of H-pyrrole nitrogens is 2. The fourth-order valence-corrected chi connectivity index (χ4v) is 2.83. The summed E-state index contributed by atoms with van der Waals surface area (Å²) in [7, 11) is 3.08. The van der Waals surface area contributed by atoms with Crippen molar-refractivity contribution in [2.45, 2.75) is 0 Å². The molecule has 4 aromatic rings. The predicted molar refractivity (Wildman–Crippen MR) is 108 cm³/mol. The van der Waals surface area contributed by atoms with E-state index in [1.165, 1.54) is 19.4 Å². The monoisotopic (exact) mass is 407 g/mol. The van der Waals surface area contributed by atoms with Crippen molar-refractivity contribution in [3.8, 4) is 34.3 Å². The smallest absolute Gasteiger partial charge is 0.263 e. The summed E-state index contributed by atoms with van der Waals surface area (Å²) in [6.07, 6.45) is 1.49. The molecule has 0 spiro atoms. The molecule has 0 saturated heterocycles. The third kappa shape index (κ3) is 3.65. The average molecular weight is 407 g/mol. The standard InChI is InChI=1S/C20H17N5O5/c1-28-11-5-6-12(16(10-11)29-2)17-22-20(25-24-17)23-19(27)13-7-8-14(21-18(13)26)15-4-3-9-30-15/h3-10H,1-2H3,(H,21,26)(H2,22,23,24,25,27). The normalized spacial score (nSPS) is 10.6. The maximum atomic E-state index is 12.5. The largest absolute Gasteiger partial charge is 0.497 e. The Morgan fingerprint density at radius 1 is 1.13 bits per heavy atom. The number of hydrogen-bond donors (Lipinski definition) is 3. The van der Waals surface area contributed by atoms with E-state index in [9.17, 15) is 9.59 Å². The molecule has 4 rings (SSSR count). The molecule has 0 aliphatic heterocycles. The molecule has 3 heterocycles. The molecule has 0 radical (unpaired) electrons. The molecule has 0 aliphatic rings. The van der Waals surface area contributed by atoms with Crippen LogP contribution in [0.1, 0.15) is 10.4 Å². The zero-order chi connectivity index (χ0) is 21.1. The highest BCUT2D eigenvalue weighted by Crippen LogP contribution is 2.31. The van der Waals surface area contributed by atoms with Gasteiger partial charge in [0.1, 0.15) is 22.8 Å². The van der Waals surface area contributed by atoms with Gasteiger partial charge in [-0.25, -0.2) is 0 Å². The molecule has 30 heavy (non-hydrogen) atoms. The average Bonchev–Trinajstić information content (AvgIpc) is 3.45. The number of amides is 1. The second-order valence-electron chi connectivity index (χ2n) is 6.12. The molecule has 10 nitrogen and oxygen atoms in total. The molecule has 0 bridgehead atoms. The van der Waals surface area contributed by atoms with E-state index in [0.717, 1.165) is 0 Å². The van der Waals surface area contributed by atoms with Crippen molar-refractivity contribution in [3.05, 3.63) is 64.6 Å². The first-order valence-electron chi connectivity index (χ1n) is 8.82. The number of carbonyl (C=O) groups excluding carboxylic acids is 1. The van der Waals surface area contributed by atoms with Crippen LogP contribution in [0.15, 0.2) is 57.9 Å². The van der Waals surface area contributed by atoms with Crippen LogP contribution in [-0.4, -0.2) is 40.3 Å². The van der Waals surface area contributed by atoms with E-state index >= 15 is 0 Å². The number of rotatable bonds is 6. The van der Waals surface area contributed by atoms with Crippen molar-refractivity contribution >= 4 is 11.9 Å². The molecule has 0 saturated carbocycles. The van der Waals surface area contributed by atoms with Gasteiger partial charge in [-0.15, -0.1) is 5.10 Å². The first kappa shape index (κ1) is 19.0. The minimum Gasteiger partial charge on any atom is -0.497 e. The molecule has 0 aliphatic carbocycles. The lowest BCUT2D eigenvalue weighted by Crippen LogP contribution is -2.23. The summed E-state index contributed by atoms with van der Waals surface area (Å²) in [5.74, 6) is 1.39. The molecule has 3 N–H and O–H groups in total. The van der Waals surface area contributed by atoms with Gasteiger partial charge in [0.05, 0.1) is 31.7 Å². The first-order valence-corrected chi connectivity index (χ1v) is 8.82. The van der Waals surface area contributed by atoms with Crippen LogP contribution in [-0.2, 0) is 0 Å². The molecule has 0 atom stereocenters. The maximum Gasteiger partial charge on any atom is 0.263 e. The van der Waals surface area contributed by atoms with E-state index < -0.39 is 11.5 Å². The molecule has 1 amide bonds. The van der Waals surface area contributed by atoms with E-state index in [4.69, 9.17) is 13.9 Å². The molecule has 1 aromatic carbocycles. The van der Waals surface area contributed by atoms with Crippen LogP contribution >= 0.6 is 0 Å². The number of benzene rings is 1. The van der Waals surface area contributed by atoms with E-state index in [1.807, 2.05) is 0 Å². The van der Waals surface area contributed by atoms with Crippen molar-refractivity contribution < 1.29 is 18.7 Å². The predicted octanol–water partition coefficient (Wildman–Crippen LogP) is 2.69. The Hall–Kier alpha value is -4.34. The second kappa shape index (κ2) is 7.95. The highest BCUT2D eigenvalue weighted by Gasteiger charge is 2.17. The Morgan fingerprint density at radius 2 is 2.00 bits per heavy atom. The van der Waals surface area contributed by atoms with Crippen LogP contribution in [0.3, 0.4) is 0 Å².